The molecule has 5 heteroatoms. The van der Waals surface area contributed by atoms with Gasteiger partial charge in [0.05, 0.1) is 0 Å². The SMILES string of the molecule is CC(C)(CBr)NC(=O)c1cc(Br)cc(Br)c1. The Hall–Kier alpha value is 0.130. The minimum Gasteiger partial charge on any atom is -0.346 e. The molecule has 1 amide bonds. The molecule has 0 aromatic heterocycles. The van der Waals surface area contributed by atoms with E-state index in [0.717, 1.165) is 8.95 Å². The molecule has 1 aromatic carbocycles. The van der Waals surface area contributed by atoms with Gasteiger partial charge in [-0.25, -0.2) is 0 Å². The molecule has 16 heavy (non-hydrogen) atoms. The topological polar surface area (TPSA) is 29.1 Å². The molecule has 1 aromatic rings. The highest BCUT2D eigenvalue weighted by molar-refractivity contribution is 9.11. The highest BCUT2D eigenvalue weighted by atomic mass is 79.9. The molecule has 0 radical (unpaired) electrons. The van der Waals surface area contributed by atoms with Crippen molar-refractivity contribution in [2.75, 3.05) is 5.33 Å². The van der Waals surface area contributed by atoms with Crippen molar-refractivity contribution in [1.82, 2.24) is 5.32 Å². The number of benzene rings is 1. The van der Waals surface area contributed by atoms with Gasteiger partial charge in [-0.2, -0.15) is 0 Å². The first-order valence-electron chi connectivity index (χ1n) is 4.68. The van der Waals surface area contributed by atoms with Crippen LogP contribution < -0.4 is 5.32 Å². The molecule has 0 atom stereocenters. The lowest BCUT2D eigenvalue weighted by Gasteiger charge is -2.23. The van der Waals surface area contributed by atoms with Gasteiger partial charge < -0.3 is 5.32 Å². The first-order valence-corrected chi connectivity index (χ1v) is 7.39. The van der Waals surface area contributed by atoms with Crippen molar-refractivity contribution in [3.63, 3.8) is 0 Å². The number of carbonyl (C=O) groups excluding carboxylic acids is 1. The predicted octanol–water partition coefficient (Wildman–Crippen LogP) is 4.11. The van der Waals surface area contributed by atoms with E-state index in [1.54, 1.807) is 12.1 Å². The van der Waals surface area contributed by atoms with Gasteiger partial charge in [-0.05, 0) is 32.0 Å². The molecule has 0 saturated heterocycles. The van der Waals surface area contributed by atoms with Gasteiger partial charge in [-0.1, -0.05) is 47.8 Å². The molecule has 0 spiro atoms. The highest BCUT2D eigenvalue weighted by Gasteiger charge is 2.19. The number of nitrogens with one attached hydrogen (secondary N) is 1. The van der Waals surface area contributed by atoms with Crippen molar-refractivity contribution in [3.8, 4) is 0 Å². The normalized spacial score (nSPS) is 11.3. The van der Waals surface area contributed by atoms with Crippen LogP contribution in [0, 0.1) is 0 Å². The molecule has 1 N–H and O–H groups in total. The number of hydrogen-bond donors (Lipinski definition) is 1. The van der Waals surface area contributed by atoms with Crippen molar-refractivity contribution in [1.29, 1.82) is 0 Å². The quantitative estimate of drug-likeness (QED) is 0.742. The molecule has 2 nitrogen and oxygen atoms in total. The second kappa shape index (κ2) is 5.65. The van der Waals surface area contributed by atoms with E-state index in [-0.39, 0.29) is 11.4 Å². The summed E-state index contributed by atoms with van der Waals surface area (Å²) in [5.74, 6) is -0.0774. The Morgan fingerprint density at radius 1 is 1.25 bits per heavy atom. The second-order valence-corrected chi connectivity index (χ2v) is 6.52. The smallest absolute Gasteiger partial charge is 0.251 e. The molecular formula is C11H12Br3NO. The van der Waals surface area contributed by atoms with E-state index in [9.17, 15) is 4.79 Å². The van der Waals surface area contributed by atoms with E-state index in [4.69, 9.17) is 0 Å². The van der Waals surface area contributed by atoms with Gasteiger partial charge in [-0.15, -0.1) is 0 Å². The zero-order chi connectivity index (χ0) is 12.3. The average molecular weight is 414 g/mol. The fraction of sp³-hybridized carbons (Fsp3) is 0.364. The molecule has 0 unspecified atom stereocenters. The maximum absolute atomic E-state index is 12.0. The number of carbonyl (C=O) groups is 1. The van der Waals surface area contributed by atoms with Crippen LogP contribution in [0.25, 0.3) is 0 Å². The third-order valence-corrected chi connectivity index (χ3v) is 4.23. The van der Waals surface area contributed by atoms with Crippen molar-refractivity contribution in [2.45, 2.75) is 19.4 Å². The van der Waals surface area contributed by atoms with Crippen molar-refractivity contribution in [2.24, 2.45) is 0 Å². The van der Waals surface area contributed by atoms with E-state index in [0.29, 0.717) is 10.9 Å². The van der Waals surface area contributed by atoms with Gasteiger partial charge in [0.2, 0.25) is 0 Å². The van der Waals surface area contributed by atoms with Crippen molar-refractivity contribution >= 4 is 53.7 Å². The van der Waals surface area contributed by atoms with Crippen LogP contribution in [0.2, 0.25) is 0 Å². The van der Waals surface area contributed by atoms with Crippen molar-refractivity contribution < 1.29 is 4.79 Å². The summed E-state index contributed by atoms with van der Waals surface area (Å²) in [5, 5.41) is 3.66. The monoisotopic (exact) mass is 411 g/mol. The van der Waals surface area contributed by atoms with Gasteiger partial charge >= 0.3 is 0 Å². The summed E-state index contributed by atoms with van der Waals surface area (Å²) in [5.41, 5.74) is 0.376. The lowest BCUT2D eigenvalue weighted by Crippen LogP contribution is -2.44. The van der Waals surface area contributed by atoms with Crippen LogP contribution in [-0.2, 0) is 0 Å². The lowest BCUT2D eigenvalue weighted by molar-refractivity contribution is 0.0921. The summed E-state index contributed by atoms with van der Waals surface area (Å²) in [7, 11) is 0. The Morgan fingerprint density at radius 3 is 2.19 bits per heavy atom. The molecular weight excluding hydrogens is 402 g/mol. The predicted molar refractivity (Wildman–Crippen MR) is 77.2 cm³/mol. The fourth-order valence-electron chi connectivity index (χ4n) is 1.10. The summed E-state index contributed by atoms with van der Waals surface area (Å²) in [6.45, 7) is 3.93. The molecule has 0 bridgehead atoms. The number of rotatable bonds is 3. The third-order valence-electron chi connectivity index (χ3n) is 1.91. The fourth-order valence-corrected chi connectivity index (χ4v) is 2.53. The summed E-state index contributed by atoms with van der Waals surface area (Å²) < 4.78 is 1.76. The zero-order valence-corrected chi connectivity index (χ0v) is 13.7. The van der Waals surface area contributed by atoms with Gasteiger partial charge in [-0.3, -0.25) is 4.79 Å². The number of halogens is 3. The molecule has 0 aliphatic carbocycles. The van der Waals surface area contributed by atoms with Gasteiger partial charge in [0.15, 0.2) is 0 Å². The number of hydrogen-bond acceptors (Lipinski definition) is 1. The van der Waals surface area contributed by atoms with Crippen LogP contribution in [0.4, 0.5) is 0 Å². The molecule has 0 aliphatic heterocycles. The molecule has 0 fully saturated rings. The Kier molecular flexibility index (Phi) is 5.01. The van der Waals surface area contributed by atoms with Crippen LogP contribution in [0.15, 0.2) is 27.1 Å². The maximum Gasteiger partial charge on any atom is 0.251 e. The summed E-state index contributed by atoms with van der Waals surface area (Å²) >= 11 is 10.1. The van der Waals surface area contributed by atoms with Crippen LogP contribution >= 0.6 is 47.8 Å². The first-order chi connectivity index (χ1) is 7.34. The highest BCUT2D eigenvalue weighted by Crippen LogP contribution is 2.20. The van der Waals surface area contributed by atoms with Crippen LogP contribution in [0.3, 0.4) is 0 Å². The Morgan fingerprint density at radius 2 is 1.75 bits per heavy atom. The molecule has 0 aliphatic rings. The summed E-state index contributed by atoms with van der Waals surface area (Å²) in [6, 6.07) is 5.49. The van der Waals surface area contributed by atoms with E-state index in [2.05, 4.69) is 53.1 Å². The number of alkyl halides is 1. The maximum atomic E-state index is 12.0. The Labute approximate surface area is 121 Å². The zero-order valence-electron chi connectivity index (χ0n) is 8.98. The third kappa shape index (κ3) is 4.18. The lowest BCUT2D eigenvalue weighted by atomic mass is 10.1. The standard InChI is InChI=1S/C11H12Br3NO/c1-11(2,6-12)15-10(16)7-3-8(13)5-9(14)4-7/h3-5H,6H2,1-2H3,(H,15,16). The molecule has 88 valence electrons. The Balaban J connectivity index is 2.89. The first kappa shape index (κ1) is 14.2. The van der Waals surface area contributed by atoms with E-state index >= 15 is 0 Å². The second-order valence-electron chi connectivity index (χ2n) is 4.13. The summed E-state index contributed by atoms with van der Waals surface area (Å²) in [6.07, 6.45) is 0. The largest absolute Gasteiger partial charge is 0.346 e. The molecule has 1 rings (SSSR count). The Bertz CT molecular complexity index is 384. The van der Waals surface area contributed by atoms with Gasteiger partial charge in [0.25, 0.3) is 5.91 Å². The molecule has 0 heterocycles. The van der Waals surface area contributed by atoms with Crippen LogP contribution in [-0.4, -0.2) is 16.8 Å². The van der Waals surface area contributed by atoms with Crippen LogP contribution in [0.5, 0.6) is 0 Å². The van der Waals surface area contributed by atoms with Gasteiger partial charge in [0.1, 0.15) is 0 Å². The van der Waals surface area contributed by atoms with E-state index in [1.165, 1.54) is 0 Å². The molecule has 0 saturated carbocycles. The summed E-state index contributed by atoms with van der Waals surface area (Å²) in [4.78, 5) is 12.0. The van der Waals surface area contributed by atoms with Crippen molar-refractivity contribution in [3.05, 3.63) is 32.7 Å². The minimum absolute atomic E-state index is 0.0774. The van der Waals surface area contributed by atoms with Gasteiger partial charge in [0, 0.05) is 25.4 Å². The van der Waals surface area contributed by atoms with E-state index in [1.807, 2.05) is 19.9 Å². The average Bonchev–Trinajstić information content (AvgIpc) is 2.15. The minimum atomic E-state index is -0.258. The van der Waals surface area contributed by atoms with E-state index < -0.39 is 0 Å². The van der Waals surface area contributed by atoms with Crippen LogP contribution in [0.1, 0.15) is 24.2 Å². The number of amides is 1.